The molecule has 0 saturated carbocycles. The van der Waals surface area contributed by atoms with Crippen molar-refractivity contribution in [3.63, 3.8) is 0 Å². The van der Waals surface area contributed by atoms with Crippen LogP contribution in [0.4, 0.5) is 20.2 Å². The highest BCUT2D eigenvalue weighted by Crippen LogP contribution is 2.33. The molecule has 0 spiro atoms. The smallest absolute Gasteiger partial charge is 0.425 e. The normalized spacial score (nSPS) is 12.5. The van der Waals surface area contributed by atoms with Crippen LogP contribution in [0.5, 0.6) is 0 Å². The van der Waals surface area contributed by atoms with Gasteiger partial charge in [-0.1, -0.05) is 0 Å². The summed E-state index contributed by atoms with van der Waals surface area (Å²) in [5.74, 6) is -0.0243. The van der Waals surface area contributed by atoms with E-state index in [1.54, 1.807) is 74.4 Å². The number of fused-ring (bicyclic) bond motifs is 1. The summed E-state index contributed by atoms with van der Waals surface area (Å²) in [6, 6.07) is 3.24. The van der Waals surface area contributed by atoms with E-state index in [2.05, 4.69) is 20.9 Å². The molecule has 0 N–H and O–H groups in total. The van der Waals surface area contributed by atoms with E-state index >= 15 is 0 Å². The number of imide groups is 1. The minimum absolute atomic E-state index is 0.0243. The van der Waals surface area contributed by atoms with Crippen LogP contribution < -0.4 is 4.90 Å². The number of carbonyl (C=O) groups is 3. The van der Waals surface area contributed by atoms with Crippen LogP contribution in [0.25, 0.3) is 11.0 Å². The average Bonchev–Trinajstić information content (AvgIpc) is 2.85. The summed E-state index contributed by atoms with van der Waals surface area (Å²) in [6.07, 6.45) is -2.45. The molecule has 33 heavy (non-hydrogen) atoms. The van der Waals surface area contributed by atoms with Gasteiger partial charge in [0.25, 0.3) is 0 Å². The number of ether oxygens (including phenoxy) is 3. The van der Waals surface area contributed by atoms with Crippen molar-refractivity contribution in [3.8, 4) is 0 Å². The molecule has 2 aromatic rings. The van der Waals surface area contributed by atoms with Crippen LogP contribution in [0, 0.1) is 3.70 Å². The third kappa shape index (κ3) is 7.29. The number of pyridine rings is 1. The zero-order valence-corrected chi connectivity index (χ0v) is 23.9. The summed E-state index contributed by atoms with van der Waals surface area (Å²) in [6.45, 7) is 15.4. The number of aromatic nitrogens is 2. The van der Waals surface area contributed by atoms with Crippen molar-refractivity contribution in [2.45, 2.75) is 79.1 Å². The topological polar surface area (TPSA) is 100.0 Å². The summed E-state index contributed by atoms with van der Waals surface area (Å²) in [4.78, 5) is 43.9. The molecule has 2 amide bonds. The summed E-state index contributed by atoms with van der Waals surface area (Å²) in [5.41, 5.74) is -1.59. The van der Waals surface area contributed by atoms with Crippen molar-refractivity contribution in [2.75, 3.05) is 4.90 Å². The number of nitrogens with zero attached hydrogens (tertiary/aromatic N) is 3. The maximum atomic E-state index is 13.0. The van der Waals surface area contributed by atoms with Crippen molar-refractivity contribution >= 4 is 73.7 Å². The minimum atomic E-state index is -0.939. The molecule has 182 valence electrons. The van der Waals surface area contributed by atoms with Crippen molar-refractivity contribution < 1.29 is 28.6 Å². The van der Waals surface area contributed by atoms with Crippen molar-refractivity contribution in [1.29, 1.82) is 0 Å². The fourth-order valence-corrected chi connectivity index (χ4v) is 3.81. The Morgan fingerprint density at radius 2 is 1.33 bits per heavy atom. The standard InChI is InChI=1S/C22H29BrIN3O6/c1-20(2,3)31-17(28)26-14-10-12(23)16(25-13(14)11-15(26)24)27(18(29)32-21(4,5)6)19(30)33-22(7,8)9/h10-11H,1-9H3. The van der Waals surface area contributed by atoms with Crippen LogP contribution in [-0.2, 0) is 14.2 Å². The van der Waals surface area contributed by atoms with Gasteiger partial charge >= 0.3 is 18.3 Å². The van der Waals surface area contributed by atoms with Gasteiger partial charge in [0.05, 0.1) is 19.2 Å². The van der Waals surface area contributed by atoms with E-state index in [0.717, 1.165) is 4.90 Å². The molecule has 0 atom stereocenters. The van der Waals surface area contributed by atoms with Gasteiger partial charge in [-0.05, 0) is 113 Å². The van der Waals surface area contributed by atoms with Crippen LogP contribution in [0.3, 0.4) is 0 Å². The molecular formula is C22H29BrIN3O6. The highest BCUT2D eigenvalue weighted by molar-refractivity contribution is 14.1. The Hall–Kier alpha value is -1.89. The van der Waals surface area contributed by atoms with E-state index in [-0.39, 0.29) is 10.3 Å². The molecule has 11 heteroatoms. The van der Waals surface area contributed by atoms with Gasteiger partial charge in [0.2, 0.25) is 0 Å². The van der Waals surface area contributed by atoms with E-state index in [0.29, 0.717) is 14.7 Å². The lowest BCUT2D eigenvalue weighted by Crippen LogP contribution is -2.44. The molecule has 0 aromatic carbocycles. The Bertz CT molecular complexity index is 1060. The summed E-state index contributed by atoms with van der Waals surface area (Å²) in [5, 5.41) is 0. The SMILES string of the molecule is CC(C)(C)OC(=O)N(C(=O)OC(C)(C)C)c1nc2cc(I)n(C(=O)OC(C)(C)C)c2cc1Br. The Labute approximate surface area is 215 Å². The summed E-state index contributed by atoms with van der Waals surface area (Å²) >= 11 is 5.37. The van der Waals surface area contributed by atoms with E-state index in [9.17, 15) is 14.4 Å². The first-order valence-electron chi connectivity index (χ1n) is 10.2. The fraction of sp³-hybridized carbons (Fsp3) is 0.545. The lowest BCUT2D eigenvalue weighted by Gasteiger charge is -2.28. The van der Waals surface area contributed by atoms with E-state index < -0.39 is 35.1 Å². The van der Waals surface area contributed by atoms with Crippen molar-refractivity contribution in [2.24, 2.45) is 0 Å². The molecule has 0 bridgehead atoms. The molecule has 2 aromatic heterocycles. The molecule has 0 aliphatic heterocycles. The first kappa shape index (κ1) is 27.4. The van der Waals surface area contributed by atoms with Gasteiger partial charge < -0.3 is 14.2 Å². The van der Waals surface area contributed by atoms with Crippen LogP contribution in [-0.4, -0.2) is 44.6 Å². The van der Waals surface area contributed by atoms with Crippen LogP contribution in [0.15, 0.2) is 16.6 Å². The molecule has 2 rings (SSSR count). The van der Waals surface area contributed by atoms with Crippen LogP contribution in [0.1, 0.15) is 62.3 Å². The van der Waals surface area contributed by atoms with Crippen LogP contribution in [0.2, 0.25) is 0 Å². The summed E-state index contributed by atoms with van der Waals surface area (Å²) in [7, 11) is 0. The second kappa shape index (κ2) is 9.40. The molecule has 0 radical (unpaired) electrons. The first-order chi connectivity index (χ1) is 14.8. The number of hydrogen-bond donors (Lipinski definition) is 0. The van der Waals surface area contributed by atoms with E-state index in [1.165, 1.54) is 4.57 Å². The first-order valence-corrected chi connectivity index (χ1v) is 12.0. The minimum Gasteiger partial charge on any atom is -0.443 e. The van der Waals surface area contributed by atoms with Gasteiger partial charge in [0, 0.05) is 0 Å². The van der Waals surface area contributed by atoms with Gasteiger partial charge in [-0.2, -0.15) is 4.90 Å². The Kier molecular flexibility index (Phi) is 7.79. The number of anilines is 1. The predicted octanol–water partition coefficient (Wildman–Crippen LogP) is 6.86. The molecule has 0 saturated heterocycles. The van der Waals surface area contributed by atoms with E-state index in [1.807, 2.05) is 22.6 Å². The predicted molar refractivity (Wildman–Crippen MR) is 137 cm³/mol. The van der Waals surface area contributed by atoms with E-state index in [4.69, 9.17) is 14.2 Å². The monoisotopic (exact) mass is 637 g/mol. The molecule has 0 unspecified atom stereocenters. The van der Waals surface area contributed by atoms with Crippen molar-refractivity contribution in [3.05, 3.63) is 20.3 Å². The Balaban J connectivity index is 2.63. The summed E-state index contributed by atoms with van der Waals surface area (Å²) < 4.78 is 18.5. The lowest BCUT2D eigenvalue weighted by molar-refractivity contribution is 0.0426. The largest absolute Gasteiger partial charge is 0.443 e. The molecule has 0 aliphatic carbocycles. The zero-order chi connectivity index (χ0) is 25.5. The van der Waals surface area contributed by atoms with Gasteiger partial charge in [-0.25, -0.2) is 23.9 Å². The number of amides is 2. The maximum Gasteiger partial charge on any atom is 0.425 e. The molecule has 2 heterocycles. The second-order valence-corrected chi connectivity index (χ2v) is 12.2. The third-order valence-corrected chi connectivity index (χ3v) is 4.99. The average molecular weight is 638 g/mol. The van der Waals surface area contributed by atoms with Crippen LogP contribution >= 0.6 is 38.5 Å². The lowest BCUT2D eigenvalue weighted by atomic mass is 10.2. The van der Waals surface area contributed by atoms with Gasteiger partial charge in [-0.3, -0.25) is 0 Å². The molecule has 0 aliphatic rings. The fourth-order valence-electron chi connectivity index (χ4n) is 2.57. The Morgan fingerprint density at radius 3 is 1.76 bits per heavy atom. The molecule has 0 fully saturated rings. The Morgan fingerprint density at radius 1 is 0.879 bits per heavy atom. The van der Waals surface area contributed by atoms with Gasteiger partial charge in [-0.15, -0.1) is 0 Å². The number of halogens is 2. The molecule has 9 nitrogen and oxygen atoms in total. The van der Waals surface area contributed by atoms with Crippen molar-refractivity contribution in [1.82, 2.24) is 9.55 Å². The number of carbonyl (C=O) groups excluding carboxylic acids is 3. The third-order valence-electron chi connectivity index (χ3n) is 3.62. The van der Waals surface area contributed by atoms with Gasteiger partial charge in [0.1, 0.15) is 16.8 Å². The highest BCUT2D eigenvalue weighted by atomic mass is 127. The van der Waals surface area contributed by atoms with Gasteiger partial charge in [0.15, 0.2) is 5.82 Å². The molecular weight excluding hydrogens is 609 g/mol. The quantitative estimate of drug-likeness (QED) is 0.249. The number of rotatable bonds is 1. The highest BCUT2D eigenvalue weighted by Gasteiger charge is 2.35. The zero-order valence-electron chi connectivity index (χ0n) is 20.2. The second-order valence-electron chi connectivity index (χ2n) is 10.3. The maximum absolute atomic E-state index is 13.0. The number of hydrogen-bond acceptors (Lipinski definition) is 7.